The molecule has 4 nitrogen and oxygen atoms in total. The van der Waals surface area contributed by atoms with Crippen LogP contribution >= 0.6 is 0 Å². The number of allylic oxidation sites excluding steroid dienone is 1. The summed E-state index contributed by atoms with van der Waals surface area (Å²) in [5.74, 6) is 1.87. The molecule has 8 atom stereocenters. The van der Waals surface area contributed by atoms with E-state index in [-0.39, 0.29) is 22.9 Å². The summed E-state index contributed by atoms with van der Waals surface area (Å²) in [6.07, 6.45) is 8.40. The second-order valence-electron chi connectivity index (χ2n) is 10.2. The van der Waals surface area contributed by atoms with Crippen LogP contribution in [0, 0.1) is 40.4 Å². The lowest BCUT2D eigenvalue weighted by Crippen LogP contribution is -2.60. The second kappa shape index (κ2) is 5.08. The van der Waals surface area contributed by atoms with Crippen molar-refractivity contribution in [3.8, 4) is 0 Å². The van der Waals surface area contributed by atoms with E-state index in [0.29, 0.717) is 30.1 Å². The molecule has 5 aliphatic carbocycles. The second-order valence-corrected chi connectivity index (χ2v) is 10.2. The van der Waals surface area contributed by atoms with E-state index in [0.717, 1.165) is 38.5 Å². The fourth-order valence-electron chi connectivity index (χ4n) is 8.20. The number of carbonyl (C=O) groups excluding carboxylic acids is 2. The molecule has 0 aromatic heterocycles. The molecule has 5 rings (SSSR count). The van der Waals surface area contributed by atoms with Crippen LogP contribution in [0.25, 0.3) is 0 Å². The van der Waals surface area contributed by atoms with Crippen molar-refractivity contribution in [1.82, 2.24) is 0 Å². The van der Waals surface area contributed by atoms with E-state index in [9.17, 15) is 19.8 Å². The van der Waals surface area contributed by atoms with Crippen LogP contribution in [0.1, 0.15) is 58.8 Å². The van der Waals surface area contributed by atoms with Crippen molar-refractivity contribution in [2.75, 3.05) is 6.61 Å². The van der Waals surface area contributed by atoms with Crippen LogP contribution < -0.4 is 0 Å². The monoisotopic (exact) mass is 358 g/mol. The molecule has 4 heteroatoms. The zero-order chi connectivity index (χ0) is 18.5. The van der Waals surface area contributed by atoms with E-state index in [2.05, 4.69) is 13.8 Å². The summed E-state index contributed by atoms with van der Waals surface area (Å²) < 4.78 is 0. The zero-order valence-corrected chi connectivity index (χ0v) is 15.8. The lowest BCUT2D eigenvalue weighted by atomic mass is 9.45. The van der Waals surface area contributed by atoms with Crippen LogP contribution in [0.2, 0.25) is 0 Å². The van der Waals surface area contributed by atoms with Crippen molar-refractivity contribution in [3.05, 3.63) is 11.6 Å². The van der Waals surface area contributed by atoms with Crippen molar-refractivity contribution in [2.45, 2.75) is 64.4 Å². The predicted octanol–water partition coefficient (Wildman–Crippen LogP) is 2.67. The number of ketones is 2. The molecule has 0 heterocycles. The van der Waals surface area contributed by atoms with E-state index >= 15 is 0 Å². The Kier molecular flexibility index (Phi) is 3.34. The molecular weight excluding hydrogens is 328 g/mol. The minimum absolute atomic E-state index is 0.0496. The Morgan fingerprint density at radius 3 is 2.65 bits per heavy atom. The summed E-state index contributed by atoms with van der Waals surface area (Å²) in [4.78, 5) is 24.5. The van der Waals surface area contributed by atoms with Crippen LogP contribution in [0.4, 0.5) is 0 Å². The average molecular weight is 358 g/mol. The van der Waals surface area contributed by atoms with Crippen LogP contribution in [-0.4, -0.2) is 34.0 Å². The lowest BCUT2D eigenvalue weighted by Gasteiger charge is -2.59. The van der Waals surface area contributed by atoms with Crippen LogP contribution in [0.3, 0.4) is 0 Å². The average Bonchev–Trinajstić information content (AvgIpc) is 3.37. The van der Waals surface area contributed by atoms with Gasteiger partial charge in [0.1, 0.15) is 12.2 Å². The van der Waals surface area contributed by atoms with Gasteiger partial charge in [0.2, 0.25) is 0 Å². The molecule has 2 N–H and O–H groups in total. The summed E-state index contributed by atoms with van der Waals surface area (Å²) in [7, 11) is 0. The highest BCUT2D eigenvalue weighted by atomic mass is 16.3. The first-order chi connectivity index (χ1) is 12.3. The maximum absolute atomic E-state index is 12.6. The normalized spacial score (nSPS) is 54.5. The molecule has 0 radical (unpaired) electrons. The topological polar surface area (TPSA) is 74.6 Å². The highest BCUT2D eigenvalue weighted by Crippen LogP contribution is 2.76. The molecule has 0 saturated heterocycles. The lowest BCUT2D eigenvalue weighted by molar-refractivity contribution is -0.173. The molecular formula is C22H30O4. The number of carbonyl (C=O) groups is 2. The summed E-state index contributed by atoms with van der Waals surface area (Å²) >= 11 is 0. The van der Waals surface area contributed by atoms with Gasteiger partial charge in [0.15, 0.2) is 11.6 Å². The van der Waals surface area contributed by atoms with Gasteiger partial charge in [0.05, 0.1) is 0 Å². The third-order valence-electron chi connectivity index (χ3n) is 9.49. The van der Waals surface area contributed by atoms with Crippen molar-refractivity contribution < 1.29 is 19.8 Å². The molecule has 5 aliphatic rings. The summed E-state index contributed by atoms with van der Waals surface area (Å²) in [6, 6.07) is 0. The van der Waals surface area contributed by atoms with Gasteiger partial charge >= 0.3 is 0 Å². The van der Waals surface area contributed by atoms with Gasteiger partial charge in [0.25, 0.3) is 0 Å². The Bertz CT molecular complexity index is 726. The van der Waals surface area contributed by atoms with E-state index in [1.165, 1.54) is 5.57 Å². The molecule has 4 saturated carbocycles. The van der Waals surface area contributed by atoms with Gasteiger partial charge in [-0.25, -0.2) is 0 Å². The van der Waals surface area contributed by atoms with E-state index < -0.39 is 17.6 Å². The number of hydrogen-bond donors (Lipinski definition) is 2. The van der Waals surface area contributed by atoms with Crippen LogP contribution in [0.5, 0.6) is 0 Å². The molecule has 0 spiro atoms. The molecule has 4 fully saturated rings. The first-order valence-electron chi connectivity index (χ1n) is 10.4. The molecule has 0 bridgehead atoms. The number of hydrogen-bond acceptors (Lipinski definition) is 4. The molecule has 0 unspecified atom stereocenters. The SMILES string of the molecule is C[C@]12CCC(=O)C=C1CC[C@H]1[C@@H]3[C@H]4C[C@H]4[C@](O)(C(=O)CO)[C@@]3(C)CC[C@@H]12. The van der Waals surface area contributed by atoms with Gasteiger partial charge < -0.3 is 10.2 Å². The van der Waals surface area contributed by atoms with Gasteiger partial charge in [-0.15, -0.1) is 0 Å². The molecule has 0 aromatic carbocycles. The summed E-state index contributed by atoms with van der Waals surface area (Å²) in [5.41, 5.74) is -0.263. The Labute approximate surface area is 155 Å². The van der Waals surface area contributed by atoms with Gasteiger partial charge in [-0.1, -0.05) is 19.4 Å². The van der Waals surface area contributed by atoms with Crippen molar-refractivity contribution in [2.24, 2.45) is 40.4 Å². The standard InChI is InChI=1S/C22H30O4/c1-20-7-5-13(24)9-12(20)3-4-14-16(20)6-8-21(2)19(14)15-10-17(15)22(21,26)18(25)11-23/h9,14-17,19,23,26H,3-8,10-11H2,1-2H3/t14-,15+,16+,17-,19-,20+,21+,22+/m1/s1. The van der Waals surface area contributed by atoms with Crippen LogP contribution in [-0.2, 0) is 9.59 Å². The van der Waals surface area contributed by atoms with Gasteiger partial charge in [-0.05, 0) is 79.6 Å². The molecule has 142 valence electrons. The molecule has 26 heavy (non-hydrogen) atoms. The Balaban J connectivity index is 1.54. The fourth-order valence-corrected chi connectivity index (χ4v) is 8.20. The van der Waals surface area contributed by atoms with E-state index in [4.69, 9.17) is 0 Å². The molecule has 0 aromatic rings. The third kappa shape index (κ3) is 1.78. The number of aliphatic hydroxyl groups excluding tert-OH is 1. The summed E-state index contributed by atoms with van der Waals surface area (Å²) in [5, 5.41) is 21.0. The predicted molar refractivity (Wildman–Crippen MR) is 96.1 cm³/mol. The number of aliphatic hydroxyl groups is 2. The van der Waals surface area contributed by atoms with Gasteiger partial charge in [-0.3, -0.25) is 9.59 Å². The first kappa shape index (κ1) is 17.1. The quantitative estimate of drug-likeness (QED) is 0.796. The molecule has 0 aliphatic heterocycles. The Morgan fingerprint density at radius 2 is 1.92 bits per heavy atom. The maximum Gasteiger partial charge on any atom is 0.190 e. The minimum atomic E-state index is -1.33. The zero-order valence-electron chi connectivity index (χ0n) is 15.8. The van der Waals surface area contributed by atoms with Crippen molar-refractivity contribution >= 4 is 11.6 Å². The fraction of sp³-hybridized carbons (Fsp3) is 0.818. The highest BCUT2D eigenvalue weighted by Gasteiger charge is 2.78. The van der Waals surface area contributed by atoms with Gasteiger partial charge in [-0.2, -0.15) is 0 Å². The smallest absolute Gasteiger partial charge is 0.190 e. The van der Waals surface area contributed by atoms with E-state index in [1.807, 2.05) is 6.08 Å². The Hall–Kier alpha value is -1.00. The van der Waals surface area contributed by atoms with Crippen molar-refractivity contribution in [3.63, 3.8) is 0 Å². The third-order valence-corrected chi connectivity index (χ3v) is 9.49. The first-order valence-corrected chi connectivity index (χ1v) is 10.4. The van der Waals surface area contributed by atoms with E-state index in [1.54, 1.807) is 0 Å². The highest BCUT2D eigenvalue weighted by molar-refractivity contribution is 5.92. The largest absolute Gasteiger partial charge is 0.388 e. The molecule has 0 amide bonds. The summed E-state index contributed by atoms with van der Waals surface area (Å²) in [6.45, 7) is 3.92. The Morgan fingerprint density at radius 1 is 1.15 bits per heavy atom. The van der Waals surface area contributed by atoms with Gasteiger partial charge in [0, 0.05) is 11.8 Å². The number of rotatable bonds is 2. The minimum Gasteiger partial charge on any atom is -0.388 e. The number of Topliss-reactive ketones (excluding diaryl/α,β-unsaturated/α-hetero) is 1. The van der Waals surface area contributed by atoms with Crippen LogP contribution in [0.15, 0.2) is 11.6 Å². The van der Waals surface area contributed by atoms with Crippen molar-refractivity contribution in [1.29, 1.82) is 0 Å². The maximum atomic E-state index is 12.6. The number of fused-ring (bicyclic) bond motifs is 7.